The van der Waals surface area contributed by atoms with Gasteiger partial charge in [-0.15, -0.1) is 0 Å². The Morgan fingerprint density at radius 2 is 2.00 bits per heavy atom. The van der Waals surface area contributed by atoms with Crippen LogP contribution in [0.1, 0.15) is 21.6 Å². The Balaban J connectivity index is 1.36. The van der Waals surface area contributed by atoms with Crippen LogP contribution in [0.2, 0.25) is 0 Å². The Morgan fingerprint density at radius 3 is 2.81 bits per heavy atom. The SMILES string of the molecule is O=C(NCCc1cc(F)cc2c1OCOC2)c1cc(-c2ccco2)nn1-c1ccccc1. The van der Waals surface area contributed by atoms with Gasteiger partial charge in [-0.25, -0.2) is 9.07 Å². The number of para-hydroxylation sites is 1. The molecular weight excluding hydrogens is 413 g/mol. The van der Waals surface area contributed by atoms with E-state index >= 15 is 0 Å². The van der Waals surface area contributed by atoms with E-state index in [1.165, 1.54) is 12.1 Å². The molecule has 5 rings (SSSR count). The lowest BCUT2D eigenvalue weighted by Crippen LogP contribution is -2.28. The van der Waals surface area contributed by atoms with Crippen molar-refractivity contribution in [2.45, 2.75) is 13.0 Å². The maximum Gasteiger partial charge on any atom is 0.270 e. The van der Waals surface area contributed by atoms with Crippen molar-refractivity contribution in [3.63, 3.8) is 0 Å². The fraction of sp³-hybridized carbons (Fsp3) is 0.167. The Hall–Kier alpha value is -3.91. The van der Waals surface area contributed by atoms with Crippen molar-refractivity contribution in [2.75, 3.05) is 13.3 Å². The monoisotopic (exact) mass is 433 g/mol. The number of hydrogen-bond acceptors (Lipinski definition) is 5. The fourth-order valence-electron chi connectivity index (χ4n) is 3.70. The third-order valence-electron chi connectivity index (χ3n) is 5.15. The molecule has 3 heterocycles. The first-order chi connectivity index (χ1) is 15.7. The number of hydrogen-bond donors (Lipinski definition) is 1. The number of nitrogens with one attached hydrogen (secondary N) is 1. The van der Waals surface area contributed by atoms with Gasteiger partial charge < -0.3 is 19.2 Å². The average molecular weight is 433 g/mol. The van der Waals surface area contributed by atoms with Gasteiger partial charge in [0.2, 0.25) is 0 Å². The molecule has 0 unspecified atom stereocenters. The van der Waals surface area contributed by atoms with E-state index in [1.54, 1.807) is 29.1 Å². The highest BCUT2D eigenvalue weighted by molar-refractivity contribution is 5.94. The summed E-state index contributed by atoms with van der Waals surface area (Å²) in [5.74, 6) is 0.541. The molecule has 4 aromatic rings. The second-order valence-corrected chi connectivity index (χ2v) is 7.31. The first-order valence-corrected chi connectivity index (χ1v) is 10.2. The van der Waals surface area contributed by atoms with Crippen LogP contribution >= 0.6 is 0 Å². The first kappa shape index (κ1) is 20.0. The van der Waals surface area contributed by atoms with E-state index in [4.69, 9.17) is 13.9 Å². The number of fused-ring (bicyclic) bond motifs is 1. The standard InChI is InChI=1S/C24H20FN3O4/c25-18-11-16(23-17(12-18)14-30-15-32-23)8-9-26-24(29)21-13-20(22-7-4-10-31-22)27-28(21)19-5-2-1-3-6-19/h1-7,10-13H,8-9,14-15H2,(H,26,29). The Kier molecular flexibility index (Phi) is 5.43. The summed E-state index contributed by atoms with van der Waals surface area (Å²) in [5, 5.41) is 7.46. The quantitative estimate of drug-likeness (QED) is 0.495. The van der Waals surface area contributed by atoms with Crippen molar-refractivity contribution in [1.82, 2.24) is 15.1 Å². The molecule has 1 aliphatic rings. The third kappa shape index (κ3) is 4.00. The minimum Gasteiger partial charge on any atom is -0.467 e. The number of nitrogens with zero attached hydrogens (tertiary/aromatic N) is 2. The molecule has 1 N–H and O–H groups in total. The molecule has 0 radical (unpaired) electrons. The number of aromatic nitrogens is 2. The molecule has 0 bridgehead atoms. The molecule has 162 valence electrons. The third-order valence-corrected chi connectivity index (χ3v) is 5.15. The van der Waals surface area contributed by atoms with Crippen LogP contribution in [-0.2, 0) is 17.8 Å². The topological polar surface area (TPSA) is 78.5 Å². The zero-order chi connectivity index (χ0) is 21.9. The predicted octanol–water partition coefficient (Wildman–Crippen LogP) is 4.11. The lowest BCUT2D eigenvalue weighted by Gasteiger charge is -2.21. The predicted molar refractivity (Wildman–Crippen MR) is 114 cm³/mol. The number of carbonyl (C=O) groups excluding carboxylic acids is 1. The van der Waals surface area contributed by atoms with Gasteiger partial charge in [0.15, 0.2) is 12.6 Å². The van der Waals surface area contributed by atoms with Crippen molar-refractivity contribution >= 4 is 5.91 Å². The molecule has 2 aromatic carbocycles. The molecule has 2 aromatic heterocycles. The van der Waals surface area contributed by atoms with Gasteiger partial charge in [0, 0.05) is 18.2 Å². The van der Waals surface area contributed by atoms with Gasteiger partial charge >= 0.3 is 0 Å². The van der Waals surface area contributed by atoms with Gasteiger partial charge in [0.25, 0.3) is 5.91 Å². The van der Waals surface area contributed by atoms with Crippen molar-refractivity contribution in [2.24, 2.45) is 0 Å². The lowest BCUT2D eigenvalue weighted by atomic mass is 10.1. The lowest BCUT2D eigenvalue weighted by molar-refractivity contribution is -0.0172. The van der Waals surface area contributed by atoms with Crippen LogP contribution in [0.4, 0.5) is 4.39 Å². The Labute approximate surface area is 183 Å². The Morgan fingerprint density at radius 1 is 1.12 bits per heavy atom. The smallest absolute Gasteiger partial charge is 0.270 e. The molecule has 0 atom stereocenters. The van der Waals surface area contributed by atoms with Crippen molar-refractivity contribution in [3.8, 4) is 22.9 Å². The summed E-state index contributed by atoms with van der Waals surface area (Å²) in [6, 6.07) is 17.5. The molecule has 0 aliphatic carbocycles. The Bertz CT molecular complexity index is 1240. The van der Waals surface area contributed by atoms with Crippen LogP contribution in [-0.4, -0.2) is 29.0 Å². The van der Waals surface area contributed by atoms with Gasteiger partial charge in [-0.3, -0.25) is 4.79 Å². The van der Waals surface area contributed by atoms with Crippen LogP contribution in [0.5, 0.6) is 5.75 Å². The van der Waals surface area contributed by atoms with Crippen molar-refractivity contribution in [3.05, 3.63) is 89.6 Å². The number of ether oxygens (including phenoxy) is 2. The number of carbonyl (C=O) groups is 1. The number of rotatable bonds is 6. The average Bonchev–Trinajstić information content (AvgIpc) is 3.50. The van der Waals surface area contributed by atoms with Crippen LogP contribution in [0.3, 0.4) is 0 Å². The van der Waals surface area contributed by atoms with Gasteiger partial charge in [0.05, 0.1) is 18.6 Å². The van der Waals surface area contributed by atoms with Crippen LogP contribution < -0.4 is 10.1 Å². The molecular formula is C24H20FN3O4. The van der Waals surface area contributed by atoms with Crippen molar-refractivity contribution in [1.29, 1.82) is 0 Å². The van der Waals surface area contributed by atoms with E-state index < -0.39 is 0 Å². The highest BCUT2D eigenvalue weighted by atomic mass is 19.1. The maximum absolute atomic E-state index is 14.0. The molecule has 0 saturated carbocycles. The summed E-state index contributed by atoms with van der Waals surface area (Å²) in [7, 11) is 0. The molecule has 8 heteroatoms. The summed E-state index contributed by atoms with van der Waals surface area (Å²) in [4.78, 5) is 13.0. The summed E-state index contributed by atoms with van der Waals surface area (Å²) < 4.78 is 31.8. The van der Waals surface area contributed by atoms with Gasteiger partial charge in [0.1, 0.15) is 23.0 Å². The summed E-state index contributed by atoms with van der Waals surface area (Å²) in [5.41, 5.74) is 3.03. The highest BCUT2D eigenvalue weighted by Gasteiger charge is 2.20. The zero-order valence-electron chi connectivity index (χ0n) is 17.1. The van der Waals surface area contributed by atoms with E-state index in [9.17, 15) is 9.18 Å². The number of benzene rings is 2. The minimum absolute atomic E-state index is 0.129. The van der Waals surface area contributed by atoms with Gasteiger partial charge in [-0.1, -0.05) is 18.2 Å². The second-order valence-electron chi connectivity index (χ2n) is 7.31. The van der Waals surface area contributed by atoms with Gasteiger partial charge in [-0.2, -0.15) is 5.10 Å². The molecule has 32 heavy (non-hydrogen) atoms. The number of halogens is 1. The fourth-order valence-corrected chi connectivity index (χ4v) is 3.70. The van der Waals surface area contributed by atoms with E-state index in [-0.39, 0.29) is 18.5 Å². The summed E-state index contributed by atoms with van der Waals surface area (Å²) in [6.45, 7) is 0.733. The van der Waals surface area contributed by atoms with Crippen LogP contribution in [0.25, 0.3) is 17.1 Å². The molecule has 0 spiro atoms. The zero-order valence-corrected chi connectivity index (χ0v) is 17.1. The maximum atomic E-state index is 14.0. The molecule has 0 saturated heterocycles. The van der Waals surface area contributed by atoms with E-state index in [2.05, 4.69) is 10.4 Å². The minimum atomic E-state index is -0.357. The molecule has 1 aliphatic heterocycles. The normalized spacial score (nSPS) is 12.8. The first-order valence-electron chi connectivity index (χ1n) is 10.2. The van der Waals surface area contributed by atoms with E-state index in [0.717, 1.165) is 5.69 Å². The number of furan rings is 1. The highest BCUT2D eigenvalue weighted by Crippen LogP contribution is 2.29. The van der Waals surface area contributed by atoms with Crippen LogP contribution in [0, 0.1) is 5.82 Å². The van der Waals surface area contributed by atoms with Crippen molar-refractivity contribution < 1.29 is 23.1 Å². The van der Waals surface area contributed by atoms with Gasteiger partial charge in [-0.05, 0) is 48.4 Å². The molecule has 1 amide bonds. The molecule has 7 nitrogen and oxygen atoms in total. The number of amides is 1. The van der Waals surface area contributed by atoms with E-state index in [1.807, 2.05) is 30.3 Å². The van der Waals surface area contributed by atoms with E-state index in [0.29, 0.717) is 53.6 Å². The second kappa shape index (κ2) is 8.68. The van der Waals surface area contributed by atoms with Crippen LogP contribution in [0.15, 0.2) is 71.3 Å². The molecule has 0 fully saturated rings. The summed E-state index contributed by atoms with van der Waals surface area (Å²) in [6.07, 6.45) is 1.97. The largest absolute Gasteiger partial charge is 0.467 e. The summed E-state index contributed by atoms with van der Waals surface area (Å²) >= 11 is 0.